The fraction of sp³-hybridized carbons (Fsp3) is 0.231. The lowest BCUT2D eigenvalue weighted by atomic mass is 10.0. The number of nitrogens with zero attached hydrogens (tertiary/aromatic N) is 4. The standard InChI is InChI=1S/C26H16F4N4O3/c27-19-7-5-13(9-18(19)26(28,29)30)23(35)32-12-15-10-21(32)22-24(36)34(25(37)33(15)22)20-8-6-14(11-31)16-3-1-2-4-17(16)20/h1-9,15,21-22H,10,12H2. The maximum atomic E-state index is 13.7. The molecule has 0 aliphatic carbocycles. The Balaban J connectivity index is 1.34. The van der Waals surface area contributed by atoms with Crippen molar-refractivity contribution in [3.63, 3.8) is 0 Å². The molecule has 186 valence electrons. The van der Waals surface area contributed by atoms with Crippen LogP contribution in [0.3, 0.4) is 0 Å². The van der Waals surface area contributed by atoms with Gasteiger partial charge >= 0.3 is 12.2 Å². The van der Waals surface area contributed by atoms with Gasteiger partial charge in [0, 0.05) is 22.9 Å². The summed E-state index contributed by atoms with van der Waals surface area (Å²) >= 11 is 0. The van der Waals surface area contributed by atoms with E-state index in [1.54, 1.807) is 24.3 Å². The molecule has 3 fully saturated rings. The Labute approximate surface area is 207 Å². The summed E-state index contributed by atoms with van der Waals surface area (Å²) in [5.41, 5.74) is -1.20. The molecular formula is C26H16F4N4O3. The number of benzene rings is 3. The molecule has 37 heavy (non-hydrogen) atoms. The number of nitriles is 1. The van der Waals surface area contributed by atoms with Crippen LogP contribution in [0.4, 0.5) is 28.0 Å². The van der Waals surface area contributed by atoms with Gasteiger partial charge < -0.3 is 9.80 Å². The molecule has 0 radical (unpaired) electrons. The number of urea groups is 1. The lowest BCUT2D eigenvalue weighted by Gasteiger charge is -2.35. The van der Waals surface area contributed by atoms with Crippen molar-refractivity contribution in [2.45, 2.75) is 30.7 Å². The monoisotopic (exact) mass is 508 g/mol. The molecule has 4 amide bonds. The predicted octanol–water partition coefficient (Wildman–Crippen LogP) is 4.30. The lowest BCUT2D eigenvalue weighted by Crippen LogP contribution is -2.54. The molecule has 7 nitrogen and oxygen atoms in total. The van der Waals surface area contributed by atoms with Crippen molar-refractivity contribution < 1.29 is 31.9 Å². The quantitative estimate of drug-likeness (QED) is 0.382. The summed E-state index contributed by atoms with van der Waals surface area (Å²) in [5.74, 6) is -2.81. The van der Waals surface area contributed by atoms with E-state index in [9.17, 15) is 37.2 Å². The van der Waals surface area contributed by atoms with Gasteiger partial charge in [0.1, 0.15) is 11.9 Å². The van der Waals surface area contributed by atoms with Crippen LogP contribution in [-0.2, 0) is 11.0 Å². The van der Waals surface area contributed by atoms with Crippen LogP contribution in [0.5, 0.6) is 0 Å². The van der Waals surface area contributed by atoms with E-state index >= 15 is 0 Å². The zero-order valence-corrected chi connectivity index (χ0v) is 18.9. The largest absolute Gasteiger partial charge is 0.419 e. The van der Waals surface area contributed by atoms with Gasteiger partial charge in [-0.2, -0.15) is 18.4 Å². The number of piperazine rings is 1. The van der Waals surface area contributed by atoms with Crippen molar-refractivity contribution >= 4 is 34.3 Å². The van der Waals surface area contributed by atoms with Crippen molar-refractivity contribution in [2.75, 3.05) is 11.4 Å². The van der Waals surface area contributed by atoms with Crippen LogP contribution in [0.25, 0.3) is 10.8 Å². The second-order valence-corrected chi connectivity index (χ2v) is 9.20. The molecule has 3 atom stereocenters. The summed E-state index contributed by atoms with van der Waals surface area (Å²) in [4.78, 5) is 43.9. The zero-order chi connectivity index (χ0) is 26.2. The van der Waals surface area contributed by atoms with Gasteiger partial charge in [-0.1, -0.05) is 24.3 Å². The molecule has 3 aliphatic heterocycles. The molecule has 0 spiro atoms. The Kier molecular flexibility index (Phi) is 4.82. The molecule has 3 aromatic carbocycles. The highest BCUT2D eigenvalue weighted by Gasteiger charge is 2.63. The number of carbonyl (C=O) groups excluding carboxylic acids is 3. The number of anilines is 1. The Hall–Kier alpha value is -4.46. The Bertz CT molecular complexity index is 1560. The summed E-state index contributed by atoms with van der Waals surface area (Å²) in [7, 11) is 0. The summed E-state index contributed by atoms with van der Waals surface area (Å²) in [6.45, 7) is 0.0414. The molecule has 0 saturated carbocycles. The highest BCUT2D eigenvalue weighted by molar-refractivity contribution is 6.25. The van der Waals surface area contributed by atoms with Crippen LogP contribution in [0.1, 0.15) is 27.9 Å². The average Bonchev–Trinajstić information content (AvgIpc) is 3.54. The SMILES string of the molecule is N#Cc1ccc(N2C(=O)C3C4CC(CN4C(=O)c4ccc(F)c(C(F)(F)F)c4)N3C2=O)c2ccccc12. The van der Waals surface area contributed by atoms with Gasteiger partial charge in [-0.15, -0.1) is 0 Å². The Morgan fingerprint density at radius 3 is 2.46 bits per heavy atom. The molecular weight excluding hydrogens is 492 g/mol. The van der Waals surface area contributed by atoms with E-state index in [0.29, 0.717) is 40.6 Å². The summed E-state index contributed by atoms with van der Waals surface area (Å²) in [6.07, 6.45) is -4.66. The third kappa shape index (κ3) is 3.21. The van der Waals surface area contributed by atoms with Gasteiger partial charge in [-0.05, 0) is 36.8 Å². The van der Waals surface area contributed by atoms with Crippen LogP contribution in [0, 0.1) is 17.1 Å². The van der Waals surface area contributed by atoms with Crippen LogP contribution in [-0.4, -0.2) is 52.3 Å². The minimum Gasteiger partial charge on any atom is -0.331 e. The second kappa shape index (κ2) is 7.77. The third-order valence-electron chi connectivity index (χ3n) is 7.31. The van der Waals surface area contributed by atoms with Crippen LogP contribution in [0.15, 0.2) is 54.6 Å². The number of hydrogen-bond donors (Lipinski definition) is 0. The van der Waals surface area contributed by atoms with Crippen molar-refractivity contribution in [1.29, 1.82) is 5.26 Å². The fourth-order valence-corrected chi connectivity index (χ4v) is 5.73. The molecule has 3 heterocycles. The van der Waals surface area contributed by atoms with Crippen molar-refractivity contribution in [1.82, 2.24) is 9.80 Å². The number of carbonyl (C=O) groups is 3. The van der Waals surface area contributed by atoms with Crippen LogP contribution < -0.4 is 4.90 Å². The smallest absolute Gasteiger partial charge is 0.331 e. The number of alkyl halides is 3. The first-order valence-corrected chi connectivity index (χ1v) is 11.4. The topological polar surface area (TPSA) is 84.7 Å². The van der Waals surface area contributed by atoms with Crippen molar-refractivity contribution in [3.05, 3.63) is 77.1 Å². The molecule has 3 unspecified atom stereocenters. The van der Waals surface area contributed by atoms with Gasteiger partial charge in [-0.25, -0.2) is 14.1 Å². The highest BCUT2D eigenvalue weighted by atomic mass is 19.4. The van der Waals surface area contributed by atoms with E-state index < -0.39 is 53.5 Å². The Morgan fingerprint density at radius 2 is 1.76 bits per heavy atom. The molecule has 2 bridgehead atoms. The number of fused-ring (bicyclic) bond motifs is 6. The van der Waals surface area contributed by atoms with Gasteiger partial charge in [0.2, 0.25) is 0 Å². The van der Waals surface area contributed by atoms with Crippen LogP contribution >= 0.6 is 0 Å². The van der Waals surface area contributed by atoms with E-state index in [1.165, 1.54) is 21.9 Å². The third-order valence-corrected chi connectivity index (χ3v) is 7.31. The number of likely N-dealkylation sites (tertiary alicyclic amines) is 1. The molecule has 0 N–H and O–H groups in total. The number of halogens is 4. The molecule has 0 aromatic heterocycles. The lowest BCUT2D eigenvalue weighted by molar-refractivity contribution is -0.140. The number of rotatable bonds is 2. The van der Waals surface area contributed by atoms with E-state index in [0.717, 1.165) is 11.0 Å². The van der Waals surface area contributed by atoms with Crippen molar-refractivity contribution in [3.8, 4) is 6.07 Å². The second-order valence-electron chi connectivity index (χ2n) is 9.20. The predicted molar refractivity (Wildman–Crippen MR) is 122 cm³/mol. The van der Waals surface area contributed by atoms with Gasteiger partial charge in [-0.3, -0.25) is 9.59 Å². The number of imide groups is 1. The highest BCUT2D eigenvalue weighted by Crippen LogP contribution is 2.44. The first kappa shape index (κ1) is 23.0. The van der Waals surface area contributed by atoms with E-state index in [4.69, 9.17) is 0 Å². The molecule has 3 aliphatic rings. The first-order chi connectivity index (χ1) is 17.6. The van der Waals surface area contributed by atoms with Crippen LogP contribution in [0.2, 0.25) is 0 Å². The van der Waals surface area contributed by atoms with Gasteiger partial charge in [0.15, 0.2) is 0 Å². The minimum atomic E-state index is -4.97. The average molecular weight is 508 g/mol. The summed E-state index contributed by atoms with van der Waals surface area (Å²) in [6, 6.07) is 11.3. The number of hydrogen-bond acceptors (Lipinski definition) is 4. The first-order valence-electron chi connectivity index (χ1n) is 11.4. The van der Waals surface area contributed by atoms with E-state index in [1.807, 2.05) is 0 Å². The minimum absolute atomic E-state index is 0.0414. The van der Waals surface area contributed by atoms with E-state index in [-0.39, 0.29) is 12.1 Å². The Morgan fingerprint density at radius 1 is 1.03 bits per heavy atom. The molecule has 3 aromatic rings. The van der Waals surface area contributed by atoms with Crippen molar-refractivity contribution in [2.24, 2.45) is 0 Å². The normalized spacial score (nSPS) is 22.7. The summed E-state index contributed by atoms with van der Waals surface area (Å²) in [5, 5.41) is 10.5. The maximum absolute atomic E-state index is 13.7. The van der Waals surface area contributed by atoms with Gasteiger partial charge in [0.25, 0.3) is 11.8 Å². The van der Waals surface area contributed by atoms with E-state index in [2.05, 4.69) is 6.07 Å². The zero-order valence-electron chi connectivity index (χ0n) is 18.9. The fourth-order valence-electron chi connectivity index (χ4n) is 5.73. The maximum Gasteiger partial charge on any atom is 0.419 e. The van der Waals surface area contributed by atoms with Gasteiger partial charge in [0.05, 0.1) is 35.0 Å². The number of amides is 4. The molecule has 6 rings (SSSR count). The molecule has 3 saturated heterocycles. The summed E-state index contributed by atoms with van der Waals surface area (Å²) < 4.78 is 53.3. The molecule has 11 heteroatoms.